The van der Waals surface area contributed by atoms with Crippen LogP contribution in [0.5, 0.6) is 0 Å². The summed E-state index contributed by atoms with van der Waals surface area (Å²) in [6.07, 6.45) is 5.06. The van der Waals surface area contributed by atoms with Crippen LogP contribution in [0.2, 0.25) is 0 Å². The van der Waals surface area contributed by atoms with Crippen LogP contribution >= 0.6 is 0 Å². The number of carbonyl (C=O) groups excluding carboxylic acids is 3. The van der Waals surface area contributed by atoms with Crippen molar-refractivity contribution in [3.8, 4) is 6.19 Å². The summed E-state index contributed by atoms with van der Waals surface area (Å²) >= 11 is 0. The summed E-state index contributed by atoms with van der Waals surface area (Å²) in [4.78, 5) is 37.0. The van der Waals surface area contributed by atoms with E-state index in [-0.39, 0.29) is 29.6 Å². The number of hydrogen-bond donors (Lipinski definition) is 1. The second-order valence-electron chi connectivity index (χ2n) is 6.10. The molecule has 0 heterocycles. The molecule has 2 amide bonds. The van der Waals surface area contributed by atoms with Crippen LogP contribution in [0.1, 0.15) is 53.3 Å². The molecule has 1 aromatic rings. The average molecular weight is 327 g/mol. The van der Waals surface area contributed by atoms with Crippen molar-refractivity contribution in [1.29, 1.82) is 5.26 Å². The van der Waals surface area contributed by atoms with Crippen molar-refractivity contribution in [1.82, 2.24) is 10.2 Å². The molecule has 2 rings (SSSR count). The molecule has 0 saturated heterocycles. The van der Waals surface area contributed by atoms with Gasteiger partial charge in [0, 0.05) is 24.2 Å². The molecule has 0 unspecified atom stereocenters. The normalized spacial score (nSPS) is 19.9. The third kappa shape index (κ3) is 3.99. The van der Waals surface area contributed by atoms with Crippen LogP contribution in [0.15, 0.2) is 24.3 Å². The van der Waals surface area contributed by atoms with Gasteiger partial charge in [0.2, 0.25) is 5.91 Å². The lowest BCUT2D eigenvalue weighted by Gasteiger charge is -2.32. The van der Waals surface area contributed by atoms with Crippen molar-refractivity contribution >= 4 is 17.6 Å². The molecule has 1 aliphatic carbocycles. The van der Waals surface area contributed by atoms with Crippen LogP contribution in [0, 0.1) is 17.4 Å². The first-order chi connectivity index (χ1) is 11.4. The molecule has 24 heavy (non-hydrogen) atoms. The monoisotopic (exact) mass is 327 g/mol. The molecule has 1 aliphatic rings. The zero-order valence-electron chi connectivity index (χ0n) is 13.9. The van der Waals surface area contributed by atoms with Crippen molar-refractivity contribution < 1.29 is 14.4 Å². The highest BCUT2D eigenvalue weighted by Gasteiger charge is 2.34. The smallest absolute Gasteiger partial charge is 0.251 e. The Hall–Kier alpha value is -2.68. The second kappa shape index (κ2) is 7.73. The van der Waals surface area contributed by atoms with E-state index >= 15 is 0 Å². The molecular formula is C18H21N3O3. The van der Waals surface area contributed by atoms with Crippen LogP contribution in [0.25, 0.3) is 0 Å². The Balaban J connectivity index is 2.09. The third-order valence-electron chi connectivity index (χ3n) is 4.43. The third-order valence-corrected chi connectivity index (χ3v) is 4.43. The number of amides is 2. The molecule has 6 heteroatoms. The maximum absolute atomic E-state index is 12.4. The standard InChI is InChI=1S/C18H21N3O3/c1-12(22)13-7-9-14(10-8-13)17(23)20-16-6-4-3-5-15(16)18(24)21(2)11-19/h7-10,15-16H,3-6H2,1-2H3,(H,20,23)/t15-,16-/m1/s1. The number of carbonyl (C=O) groups is 3. The van der Waals surface area contributed by atoms with E-state index < -0.39 is 0 Å². The van der Waals surface area contributed by atoms with Gasteiger partial charge in [0.05, 0.1) is 5.92 Å². The minimum absolute atomic E-state index is 0.0561. The SMILES string of the molecule is CC(=O)c1ccc(C(=O)N[C@@H]2CCCC[C@H]2C(=O)N(C)C#N)cc1. The number of ketones is 1. The lowest BCUT2D eigenvalue weighted by atomic mass is 9.83. The summed E-state index contributed by atoms with van der Waals surface area (Å²) in [7, 11) is 1.44. The first-order valence-corrected chi connectivity index (χ1v) is 8.03. The minimum atomic E-state index is -0.371. The van der Waals surface area contributed by atoms with Gasteiger partial charge in [-0.25, -0.2) is 0 Å². The summed E-state index contributed by atoms with van der Waals surface area (Å²) < 4.78 is 0. The number of Topliss-reactive ketones (excluding diaryl/α,β-unsaturated/α-hetero) is 1. The first kappa shape index (κ1) is 17.7. The lowest BCUT2D eigenvalue weighted by Crippen LogP contribution is -2.48. The zero-order chi connectivity index (χ0) is 17.7. The van der Waals surface area contributed by atoms with Crippen LogP contribution in [0.3, 0.4) is 0 Å². The highest BCUT2D eigenvalue weighted by molar-refractivity contribution is 5.98. The number of nitrogens with zero attached hydrogens (tertiary/aromatic N) is 2. The van der Waals surface area contributed by atoms with Crippen LogP contribution < -0.4 is 5.32 Å². The van der Waals surface area contributed by atoms with Gasteiger partial charge in [-0.05, 0) is 31.9 Å². The van der Waals surface area contributed by atoms with E-state index in [2.05, 4.69) is 5.32 Å². The maximum Gasteiger partial charge on any atom is 0.251 e. The van der Waals surface area contributed by atoms with Gasteiger partial charge >= 0.3 is 0 Å². The molecule has 0 radical (unpaired) electrons. The van der Waals surface area contributed by atoms with Crippen LogP contribution in [-0.2, 0) is 4.79 Å². The molecule has 1 fully saturated rings. The molecule has 6 nitrogen and oxygen atoms in total. The number of hydrogen-bond acceptors (Lipinski definition) is 4. The topological polar surface area (TPSA) is 90.3 Å². The summed E-state index contributed by atoms with van der Waals surface area (Å²) in [6, 6.07) is 6.16. The highest BCUT2D eigenvalue weighted by Crippen LogP contribution is 2.26. The van der Waals surface area contributed by atoms with E-state index in [1.807, 2.05) is 6.19 Å². The van der Waals surface area contributed by atoms with Crippen LogP contribution in [-0.4, -0.2) is 35.6 Å². The quantitative estimate of drug-likeness (QED) is 0.521. The van der Waals surface area contributed by atoms with Gasteiger partial charge in [0.15, 0.2) is 12.0 Å². The molecule has 1 saturated carbocycles. The van der Waals surface area contributed by atoms with Crippen LogP contribution in [0.4, 0.5) is 0 Å². The molecule has 0 aliphatic heterocycles. The Labute approximate surface area is 141 Å². The van der Waals surface area contributed by atoms with E-state index in [1.54, 1.807) is 24.3 Å². The number of nitriles is 1. The molecule has 1 N–H and O–H groups in total. The average Bonchev–Trinajstić information content (AvgIpc) is 2.60. The number of benzene rings is 1. The predicted molar refractivity (Wildman–Crippen MR) is 88.0 cm³/mol. The Morgan fingerprint density at radius 1 is 1.12 bits per heavy atom. The van der Waals surface area contributed by atoms with Crippen molar-refractivity contribution in [2.45, 2.75) is 38.6 Å². The van der Waals surface area contributed by atoms with Gasteiger partial charge in [0.25, 0.3) is 5.91 Å². The molecular weight excluding hydrogens is 306 g/mol. The number of nitrogens with one attached hydrogen (secondary N) is 1. The maximum atomic E-state index is 12.4. The molecule has 2 atom stereocenters. The van der Waals surface area contributed by atoms with E-state index in [4.69, 9.17) is 5.26 Å². The fraction of sp³-hybridized carbons (Fsp3) is 0.444. The Kier molecular flexibility index (Phi) is 5.69. The van der Waals surface area contributed by atoms with E-state index in [1.165, 1.54) is 14.0 Å². The molecule has 0 spiro atoms. The summed E-state index contributed by atoms with van der Waals surface area (Å²) in [5, 5.41) is 11.8. The number of rotatable bonds is 4. The van der Waals surface area contributed by atoms with Gasteiger partial charge in [-0.2, -0.15) is 5.26 Å². The lowest BCUT2D eigenvalue weighted by molar-refractivity contribution is -0.133. The molecule has 0 bridgehead atoms. The van der Waals surface area contributed by atoms with Gasteiger partial charge in [-0.15, -0.1) is 0 Å². The molecule has 1 aromatic carbocycles. The van der Waals surface area contributed by atoms with E-state index in [9.17, 15) is 14.4 Å². The van der Waals surface area contributed by atoms with Crippen molar-refractivity contribution in [3.05, 3.63) is 35.4 Å². The zero-order valence-corrected chi connectivity index (χ0v) is 13.9. The predicted octanol–water partition coefficient (Wildman–Crippen LogP) is 2.12. The van der Waals surface area contributed by atoms with Gasteiger partial charge in [-0.1, -0.05) is 25.0 Å². The Bertz CT molecular complexity index is 676. The van der Waals surface area contributed by atoms with E-state index in [0.29, 0.717) is 24.0 Å². The highest BCUT2D eigenvalue weighted by atomic mass is 16.2. The summed E-state index contributed by atoms with van der Waals surface area (Å²) in [5.41, 5.74) is 0.998. The fourth-order valence-corrected chi connectivity index (χ4v) is 3.01. The second-order valence-corrected chi connectivity index (χ2v) is 6.10. The van der Waals surface area contributed by atoms with Gasteiger partial charge < -0.3 is 5.32 Å². The largest absolute Gasteiger partial charge is 0.349 e. The van der Waals surface area contributed by atoms with Gasteiger partial charge in [0.1, 0.15) is 0 Å². The fourth-order valence-electron chi connectivity index (χ4n) is 3.01. The van der Waals surface area contributed by atoms with Gasteiger partial charge in [-0.3, -0.25) is 19.3 Å². The van der Waals surface area contributed by atoms with E-state index in [0.717, 1.165) is 17.7 Å². The Morgan fingerprint density at radius 2 is 1.71 bits per heavy atom. The summed E-state index contributed by atoms with van der Waals surface area (Å²) in [5.74, 6) is -0.952. The Morgan fingerprint density at radius 3 is 2.29 bits per heavy atom. The minimum Gasteiger partial charge on any atom is -0.349 e. The summed E-state index contributed by atoms with van der Waals surface area (Å²) in [6.45, 7) is 1.47. The van der Waals surface area contributed by atoms with Crippen molar-refractivity contribution in [2.24, 2.45) is 5.92 Å². The van der Waals surface area contributed by atoms with Crippen molar-refractivity contribution in [2.75, 3.05) is 7.05 Å². The molecule has 126 valence electrons. The molecule has 0 aromatic heterocycles. The van der Waals surface area contributed by atoms with Crippen molar-refractivity contribution in [3.63, 3.8) is 0 Å². The first-order valence-electron chi connectivity index (χ1n) is 8.03.